The summed E-state index contributed by atoms with van der Waals surface area (Å²) in [6.07, 6.45) is 3.87. The molecule has 168 valence electrons. The van der Waals surface area contributed by atoms with Crippen LogP contribution in [0.5, 0.6) is 0 Å². The van der Waals surface area contributed by atoms with Crippen LogP contribution in [0, 0.1) is 19.8 Å². The van der Waals surface area contributed by atoms with E-state index in [1.165, 1.54) is 0 Å². The number of nitrogens with zero attached hydrogens (tertiary/aromatic N) is 3. The number of aromatic nitrogens is 3. The third-order valence-electron chi connectivity index (χ3n) is 5.58. The molecule has 1 N–H and O–H groups in total. The number of amides is 1. The van der Waals surface area contributed by atoms with E-state index in [9.17, 15) is 14.4 Å². The maximum Gasteiger partial charge on any atom is 0.258 e. The zero-order valence-electron chi connectivity index (χ0n) is 19.6. The lowest BCUT2D eigenvalue weighted by atomic mass is 9.97. The number of nitrogens with one attached hydrogen (secondary N) is 1. The van der Waals surface area contributed by atoms with E-state index < -0.39 is 0 Å². The lowest BCUT2D eigenvalue weighted by Crippen LogP contribution is -2.21. The van der Waals surface area contributed by atoms with Gasteiger partial charge in [0.25, 0.3) is 5.56 Å². The Bertz CT molecular complexity index is 1230. The van der Waals surface area contributed by atoms with E-state index in [0.29, 0.717) is 34.7 Å². The minimum atomic E-state index is -0.171. The minimum absolute atomic E-state index is 0.0239. The summed E-state index contributed by atoms with van der Waals surface area (Å²) in [4.78, 5) is 46.0. The predicted octanol–water partition coefficient (Wildman–Crippen LogP) is 4.58. The smallest absolute Gasteiger partial charge is 0.258 e. The van der Waals surface area contributed by atoms with Crippen molar-refractivity contribution < 1.29 is 9.59 Å². The molecule has 32 heavy (non-hydrogen) atoms. The van der Waals surface area contributed by atoms with Crippen molar-refractivity contribution in [2.75, 3.05) is 5.32 Å². The topological polar surface area (TPSA) is 94.0 Å². The molecule has 0 unspecified atom stereocenters. The van der Waals surface area contributed by atoms with Gasteiger partial charge in [-0.2, -0.15) is 0 Å². The fourth-order valence-electron chi connectivity index (χ4n) is 3.75. The number of fused-ring (bicyclic) bond motifs is 1. The number of ketones is 1. The molecule has 0 saturated heterocycles. The average Bonchev–Trinajstić information content (AvgIpc) is 3.63. The second-order valence-corrected chi connectivity index (χ2v) is 7.88. The minimum Gasteiger partial charge on any atom is -0.311 e. The highest BCUT2D eigenvalue weighted by Crippen LogP contribution is 2.31. The van der Waals surface area contributed by atoms with Gasteiger partial charge in [-0.05, 0) is 44.4 Å². The van der Waals surface area contributed by atoms with Crippen LogP contribution in [0.4, 0.5) is 5.82 Å². The molecular weight excluding hydrogens is 404 g/mol. The quantitative estimate of drug-likeness (QED) is 0.593. The Labute approximate surface area is 187 Å². The summed E-state index contributed by atoms with van der Waals surface area (Å²) < 4.78 is 1.56. The Morgan fingerprint density at radius 3 is 2.44 bits per heavy atom. The standard InChI is InChI=1S/C23H24N4O3.C2H6/c1-5-19(28)17-8-12(2)21(13(3)25-17)16-9-15-11-24-20(26-22(29)14-6-7-14)10-18(15)27(4)23(16)30;1-2/h8-11,14H,5-7H2,1-4H3,(H,24,26,29);1-2H3. The number of hydrogen-bond acceptors (Lipinski definition) is 5. The molecule has 1 amide bonds. The monoisotopic (exact) mass is 434 g/mol. The van der Waals surface area contributed by atoms with Crippen molar-refractivity contribution in [1.82, 2.24) is 14.5 Å². The molecule has 0 bridgehead atoms. The Kier molecular flexibility index (Phi) is 6.87. The molecule has 3 heterocycles. The molecule has 0 atom stereocenters. The molecule has 0 aliphatic heterocycles. The highest BCUT2D eigenvalue weighted by Gasteiger charge is 2.29. The summed E-state index contributed by atoms with van der Waals surface area (Å²) in [5.41, 5.74) is 3.66. The number of carbonyl (C=O) groups is 2. The number of rotatable bonds is 5. The van der Waals surface area contributed by atoms with Crippen molar-refractivity contribution in [1.29, 1.82) is 0 Å². The third-order valence-corrected chi connectivity index (χ3v) is 5.58. The normalized spacial score (nSPS) is 12.8. The highest BCUT2D eigenvalue weighted by atomic mass is 16.2. The molecular formula is C25H30N4O3. The van der Waals surface area contributed by atoms with E-state index in [-0.39, 0.29) is 23.2 Å². The maximum absolute atomic E-state index is 13.2. The molecule has 4 rings (SSSR count). The van der Waals surface area contributed by atoms with Crippen molar-refractivity contribution in [3.05, 3.63) is 51.7 Å². The first-order chi connectivity index (χ1) is 15.3. The summed E-state index contributed by atoms with van der Waals surface area (Å²) in [7, 11) is 1.70. The summed E-state index contributed by atoms with van der Waals surface area (Å²) in [5, 5.41) is 3.60. The van der Waals surface area contributed by atoms with Gasteiger partial charge in [-0.25, -0.2) is 9.97 Å². The second-order valence-electron chi connectivity index (χ2n) is 7.88. The molecule has 3 aromatic rings. The van der Waals surface area contributed by atoms with E-state index in [1.807, 2.05) is 27.7 Å². The first-order valence-corrected chi connectivity index (χ1v) is 11.1. The van der Waals surface area contributed by atoms with Crippen LogP contribution in [0.2, 0.25) is 0 Å². The molecule has 1 saturated carbocycles. The average molecular weight is 435 g/mol. The van der Waals surface area contributed by atoms with E-state index in [1.54, 1.807) is 42.9 Å². The summed E-state index contributed by atoms with van der Waals surface area (Å²) in [5.74, 6) is 0.472. The lowest BCUT2D eigenvalue weighted by Gasteiger charge is -2.14. The molecule has 1 fully saturated rings. The van der Waals surface area contributed by atoms with Gasteiger partial charge in [-0.3, -0.25) is 14.4 Å². The van der Waals surface area contributed by atoms with Crippen molar-refractivity contribution >= 4 is 28.4 Å². The van der Waals surface area contributed by atoms with Crippen LogP contribution < -0.4 is 10.9 Å². The molecule has 7 heteroatoms. The van der Waals surface area contributed by atoms with Crippen molar-refractivity contribution in [2.24, 2.45) is 13.0 Å². The number of carbonyl (C=O) groups excluding carboxylic acids is 2. The molecule has 0 spiro atoms. The molecule has 0 aromatic carbocycles. The largest absolute Gasteiger partial charge is 0.311 e. The van der Waals surface area contributed by atoms with Gasteiger partial charge in [0.2, 0.25) is 5.91 Å². The predicted molar refractivity (Wildman–Crippen MR) is 127 cm³/mol. The Morgan fingerprint density at radius 2 is 1.84 bits per heavy atom. The number of Topliss-reactive ketones (excluding diaryl/α,β-unsaturated/α-hetero) is 1. The van der Waals surface area contributed by atoms with Crippen molar-refractivity contribution in [3.8, 4) is 11.1 Å². The van der Waals surface area contributed by atoms with Crippen LogP contribution in [-0.4, -0.2) is 26.2 Å². The maximum atomic E-state index is 13.2. The van der Waals surface area contributed by atoms with Crippen molar-refractivity contribution in [3.63, 3.8) is 0 Å². The Morgan fingerprint density at radius 1 is 1.16 bits per heavy atom. The fraction of sp³-hybridized carbons (Fsp3) is 0.400. The summed E-state index contributed by atoms with van der Waals surface area (Å²) >= 11 is 0. The van der Waals surface area contributed by atoms with Gasteiger partial charge in [0.05, 0.1) is 5.52 Å². The van der Waals surface area contributed by atoms with Crippen LogP contribution in [-0.2, 0) is 11.8 Å². The van der Waals surface area contributed by atoms with E-state index >= 15 is 0 Å². The molecule has 7 nitrogen and oxygen atoms in total. The number of anilines is 1. The van der Waals surface area contributed by atoms with Crippen LogP contribution in [0.1, 0.15) is 61.8 Å². The fourth-order valence-corrected chi connectivity index (χ4v) is 3.75. The zero-order chi connectivity index (χ0) is 23.6. The van der Waals surface area contributed by atoms with Gasteiger partial charge in [-0.1, -0.05) is 20.8 Å². The number of hydrogen-bond donors (Lipinski definition) is 1. The molecule has 1 aliphatic rings. The molecule has 0 radical (unpaired) electrons. The van der Waals surface area contributed by atoms with Gasteiger partial charge in [0.1, 0.15) is 11.5 Å². The summed E-state index contributed by atoms with van der Waals surface area (Å²) in [6.45, 7) is 9.50. The van der Waals surface area contributed by atoms with Gasteiger partial charge in [0.15, 0.2) is 5.78 Å². The first kappa shape index (κ1) is 23.3. The Balaban J connectivity index is 0.00000141. The third kappa shape index (κ3) is 4.47. The van der Waals surface area contributed by atoms with E-state index in [4.69, 9.17) is 0 Å². The van der Waals surface area contributed by atoms with Gasteiger partial charge >= 0.3 is 0 Å². The van der Waals surface area contributed by atoms with Gasteiger partial charge in [0, 0.05) is 53.9 Å². The van der Waals surface area contributed by atoms with Crippen molar-refractivity contribution in [2.45, 2.75) is 53.9 Å². The highest BCUT2D eigenvalue weighted by molar-refractivity contribution is 5.96. The van der Waals surface area contributed by atoms with E-state index in [0.717, 1.165) is 29.4 Å². The zero-order valence-corrected chi connectivity index (χ0v) is 19.6. The number of pyridine rings is 3. The van der Waals surface area contributed by atoms with E-state index in [2.05, 4.69) is 15.3 Å². The van der Waals surface area contributed by atoms with Crippen LogP contribution in [0.3, 0.4) is 0 Å². The Hall–Kier alpha value is -3.35. The van der Waals surface area contributed by atoms with Crippen LogP contribution in [0.25, 0.3) is 22.0 Å². The van der Waals surface area contributed by atoms with Gasteiger partial charge < -0.3 is 9.88 Å². The molecule has 1 aliphatic carbocycles. The van der Waals surface area contributed by atoms with Crippen LogP contribution in [0.15, 0.2) is 29.2 Å². The second kappa shape index (κ2) is 9.42. The van der Waals surface area contributed by atoms with Gasteiger partial charge in [-0.15, -0.1) is 0 Å². The lowest BCUT2D eigenvalue weighted by molar-refractivity contribution is -0.117. The SMILES string of the molecule is CC.CCC(=O)c1cc(C)c(-c2cc3cnc(NC(=O)C4CC4)cc3n(C)c2=O)c(C)n1. The molecule has 3 aromatic heterocycles. The van der Waals surface area contributed by atoms with Crippen LogP contribution >= 0.6 is 0 Å². The first-order valence-electron chi connectivity index (χ1n) is 11.1. The summed E-state index contributed by atoms with van der Waals surface area (Å²) in [6, 6.07) is 5.27. The number of aryl methyl sites for hydroxylation is 3.